The summed E-state index contributed by atoms with van der Waals surface area (Å²) in [6, 6.07) is 11.5. The van der Waals surface area contributed by atoms with Gasteiger partial charge in [-0.05, 0) is 42.0 Å². The molecule has 2 N–H and O–H groups in total. The maximum atomic E-state index is 11.7. The van der Waals surface area contributed by atoms with Crippen molar-refractivity contribution in [1.82, 2.24) is 5.32 Å². The maximum absolute atomic E-state index is 11.7. The number of benzene rings is 2. The van der Waals surface area contributed by atoms with Crippen LogP contribution in [0.2, 0.25) is 5.02 Å². The summed E-state index contributed by atoms with van der Waals surface area (Å²) in [6.45, 7) is 0.524. The molecule has 0 radical (unpaired) electrons. The Labute approximate surface area is 175 Å². The fraction of sp³-hybridized carbons (Fsp3) is 0.105. The number of aromatic carboxylic acids is 1. The van der Waals surface area contributed by atoms with Gasteiger partial charge in [-0.2, -0.15) is 0 Å². The number of hydrogen-bond acceptors (Lipinski definition) is 6. The number of halogens is 1. The van der Waals surface area contributed by atoms with Gasteiger partial charge >= 0.3 is 5.97 Å². The summed E-state index contributed by atoms with van der Waals surface area (Å²) in [5.74, 6) is -0.201. The number of ether oxygens (including phenoxy) is 2. The van der Waals surface area contributed by atoms with Crippen molar-refractivity contribution in [2.75, 3.05) is 13.2 Å². The number of carbonyl (C=O) groups excluding carboxylic acids is 1. The third kappa shape index (κ3) is 5.25. The van der Waals surface area contributed by atoms with Crippen molar-refractivity contribution in [2.45, 2.75) is 0 Å². The number of thiocarbonyl (C=S) groups is 1. The molecule has 2 aromatic rings. The number of carboxylic acid groups (broad SMARTS) is 1. The van der Waals surface area contributed by atoms with Gasteiger partial charge in [-0.25, -0.2) is 4.79 Å². The predicted molar refractivity (Wildman–Crippen MR) is 112 cm³/mol. The van der Waals surface area contributed by atoms with Crippen molar-refractivity contribution in [3.05, 3.63) is 63.5 Å². The van der Waals surface area contributed by atoms with Crippen LogP contribution < -0.4 is 14.8 Å². The Morgan fingerprint density at radius 2 is 1.89 bits per heavy atom. The minimum Gasteiger partial charge on any atom is -0.490 e. The zero-order valence-electron chi connectivity index (χ0n) is 14.3. The van der Waals surface area contributed by atoms with E-state index in [1.807, 2.05) is 12.1 Å². The number of hydrogen-bond donors (Lipinski definition) is 2. The van der Waals surface area contributed by atoms with Crippen LogP contribution in [0, 0.1) is 0 Å². The fourth-order valence-electron chi connectivity index (χ4n) is 2.29. The van der Waals surface area contributed by atoms with Gasteiger partial charge in [0.2, 0.25) is 0 Å². The van der Waals surface area contributed by atoms with Crippen molar-refractivity contribution in [3.8, 4) is 11.5 Å². The maximum Gasteiger partial charge on any atom is 0.335 e. The average molecular weight is 436 g/mol. The number of nitrogens with one attached hydrogen (secondary N) is 1. The Balaban J connectivity index is 1.49. The Kier molecular flexibility index (Phi) is 6.56. The highest BCUT2D eigenvalue weighted by Gasteiger charge is 2.21. The van der Waals surface area contributed by atoms with E-state index in [1.54, 1.807) is 18.2 Å². The molecule has 1 aliphatic rings. The van der Waals surface area contributed by atoms with Crippen LogP contribution in [-0.4, -0.2) is 34.5 Å². The Morgan fingerprint density at radius 3 is 2.50 bits per heavy atom. The summed E-state index contributed by atoms with van der Waals surface area (Å²) in [5, 5.41) is 11.7. The van der Waals surface area contributed by atoms with Crippen LogP contribution in [0.3, 0.4) is 0 Å². The summed E-state index contributed by atoms with van der Waals surface area (Å²) in [5.41, 5.74) is 0.954. The summed E-state index contributed by atoms with van der Waals surface area (Å²) >= 11 is 12.2. The predicted octanol–water partition coefficient (Wildman–Crippen LogP) is 3.98. The van der Waals surface area contributed by atoms with Crippen molar-refractivity contribution in [1.29, 1.82) is 0 Å². The second-order valence-corrected chi connectivity index (χ2v) is 7.69. The van der Waals surface area contributed by atoms with Crippen LogP contribution in [0.15, 0.2) is 47.4 Å². The minimum absolute atomic E-state index is 0.0963. The monoisotopic (exact) mass is 435 g/mol. The first-order valence-electron chi connectivity index (χ1n) is 8.06. The third-order valence-electron chi connectivity index (χ3n) is 3.61. The molecular formula is C19H14ClNO5S2. The van der Waals surface area contributed by atoms with E-state index in [4.69, 9.17) is 38.4 Å². The Morgan fingerprint density at radius 1 is 1.18 bits per heavy atom. The molecular weight excluding hydrogens is 422 g/mol. The van der Waals surface area contributed by atoms with Gasteiger partial charge < -0.3 is 19.9 Å². The zero-order valence-corrected chi connectivity index (χ0v) is 16.7. The van der Waals surface area contributed by atoms with E-state index < -0.39 is 5.97 Å². The lowest BCUT2D eigenvalue weighted by atomic mass is 10.2. The van der Waals surface area contributed by atoms with Gasteiger partial charge in [-0.3, -0.25) is 4.79 Å². The number of thioether (sulfide) groups is 1. The molecule has 144 valence electrons. The quantitative estimate of drug-likeness (QED) is 0.386. The van der Waals surface area contributed by atoms with Gasteiger partial charge in [0.15, 0.2) is 0 Å². The molecule has 1 fully saturated rings. The average Bonchev–Trinajstić information content (AvgIpc) is 2.98. The molecule has 0 atom stereocenters. The van der Waals surface area contributed by atoms with E-state index in [9.17, 15) is 9.59 Å². The summed E-state index contributed by atoms with van der Waals surface area (Å²) in [4.78, 5) is 23.1. The standard InChI is InChI=1S/C19H14ClNO5S2/c20-14-10-12(18(23)24)3-6-15(14)26-8-7-25-13-4-1-11(2-5-13)9-16-17(22)21-19(27)28-16/h1-6,9-10H,7-8H2,(H,23,24)(H,21,22,27)/b16-9-. The topological polar surface area (TPSA) is 84.9 Å². The van der Waals surface area contributed by atoms with Crippen LogP contribution in [0.1, 0.15) is 15.9 Å². The highest BCUT2D eigenvalue weighted by atomic mass is 35.5. The molecule has 28 heavy (non-hydrogen) atoms. The van der Waals surface area contributed by atoms with E-state index in [2.05, 4.69) is 5.32 Å². The van der Waals surface area contributed by atoms with Crippen molar-refractivity contribution >= 4 is 57.9 Å². The Hall–Kier alpha value is -2.55. The Bertz CT molecular complexity index is 959. The van der Waals surface area contributed by atoms with Crippen LogP contribution in [-0.2, 0) is 4.79 Å². The van der Waals surface area contributed by atoms with E-state index in [0.717, 1.165) is 5.56 Å². The molecule has 0 spiro atoms. The SMILES string of the molecule is O=C1NC(=S)S/C1=C\c1ccc(OCCOc2ccc(C(=O)O)cc2Cl)cc1. The van der Waals surface area contributed by atoms with Crippen LogP contribution >= 0.6 is 35.6 Å². The lowest BCUT2D eigenvalue weighted by Gasteiger charge is -2.10. The molecule has 0 saturated carbocycles. The molecule has 2 aromatic carbocycles. The molecule has 1 heterocycles. The van der Waals surface area contributed by atoms with Crippen molar-refractivity contribution in [2.24, 2.45) is 0 Å². The number of carboxylic acids is 1. The van der Waals surface area contributed by atoms with E-state index in [-0.39, 0.29) is 29.7 Å². The van der Waals surface area contributed by atoms with Gasteiger partial charge in [-0.1, -0.05) is 47.7 Å². The zero-order chi connectivity index (χ0) is 20.1. The minimum atomic E-state index is -1.05. The molecule has 1 amide bonds. The van der Waals surface area contributed by atoms with Gasteiger partial charge in [0.05, 0.1) is 15.5 Å². The van der Waals surface area contributed by atoms with E-state index in [0.29, 0.717) is 20.7 Å². The van der Waals surface area contributed by atoms with Gasteiger partial charge in [0.1, 0.15) is 29.0 Å². The number of amides is 1. The normalized spacial score (nSPS) is 14.8. The lowest BCUT2D eigenvalue weighted by Crippen LogP contribution is -2.17. The third-order valence-corrected chi connectivity index (χ3v) is 5.07. The molecule has 0 aliphatic carbocycles. The molecule has 0 bridgehead atoms. The molecule has 0 aromatic heterocycles. The largest absolute Gasteiger partial charge is 0.490 e. The summed E-state index contributed by atoms with van der Waals surface area (Å²) in [6.07, 6.45) is 1.76. The highest BCUT2D eigenvalue weighted by Crippen LogP contribution is 2.27. The second-order valence-electron chi connectivity index (χ2n) is 5.57. The molecule has 1 aliphatic heterocycles. The highest BCUT2D eigenvalue weighted by molar-refractivity contribution is 8.26. The van der Waals surface area contributed by atoms with Crippen LogP contribution in [0.25, 0.3) is 6.08 Å². The van der Waals surface area contributed by atoms with Crippen LogP contribution in [0.5, 0.6) is 11.5 Å². The smallest absolute Gasteiger partial charge is 0.335 e. The van der Waals surface area contributed by atoms with Gasteiger partial charge in [0, 0.05) is 0 Å². The van der Waals surface area contributed by atoms with E-state index >= 15 is 0 Å². The fourth-order valence-corrected chi connectivity index (χ4v) is 3.57. The molecule has 6 nitrogen and oxygen atoms in total. The van der Waals surface area contributed by atoms with Gasteiger partial charge in [-0.15, -0.1) is 0 Å². The second kappa shape index (κ2) is 9.09. The van der Waals surface area contributed by atoms with E-state index in [1.165, 1.54) is 30.0 Å². The van der Waals surface area contributed by atoms with Crippen molar-refractivity contribution < 1.29 is 24.2 Å². The molecule has 3 rings (SSSR count). The van der Waals surface area contributed by atoms with Crippen molar-refractivity contribution in [3.63, 3.8) is 0 Å². The first-order chi connectivity index (χ1) is 13.4. The number of carbonyl (C=O) groups is 2. The van der Waals surface area contributed by atoms with Crippen LogP contribution in [0.4, 0.5) is 0 Å². The molecule has 0 unspecified atom stereocenters. The lowest BCUT2D eigenvalue weighted by molar-refractivity contribution is -0.115. The number of rotatable bonds is 7. The first kappa shape index (κ1) is 20.2. The molecule has 1 saturated heterocycles. The summed E-state index contributed by atoms with van der Waals surface area (Å²) in [7, 11) is 0. The van der Waals surface area contributed by atoms with Gasteiger partial charge in [0.25, 0.3) is 5.91 Å². The summed E-state index contributed by atoms with van der Waals surface area (Å²) < 4.78 is 11.6. The first-order valence-corrected chi connectivity index (χ1v) is 9.66. The molecule has 9 heteroatoms.